The van der Waals surface area contributed by atoms with Crippen LogP contribution < -0.4 is 11.1 Å². The van der Waals surface area contributed by atoms with Gasteiger partial charge in [0.15, 0.2) is 0 Å². The summed E-state index contributed by atoms with van der Waals surface area (Å²) >= 11 is 0. The summed E-state index contributed by atoms with van der Waals surface area (Å²) < 4.78 is 7.26. The fourth-order valence-electron chi connectivity index (χ4n) is 3.36. The zero-order valence-electron chi connectivity index (χ0n) is 12.5. The predicted molar refractivity (Wildman–Crippen MR) is 80.4 cm³/mol. The van der Waals surface area contributed by atoms with Crippen molar-refractivity contribution >= 4 is 5.91 Å². The highest BCUT2D eigenvalue weighted by Crippen LogP contribution is 2.37. The highest BCUT2D eigenvalue weighted by Gasteiger charge is 2.52. The molecule has 4 atom stereocenters. The van der Waals surface area contributed by atoms with Crippen LogP contribution in [0.4, 0.5) is 0 Å². The SMILES string of the molecule is N[C@H]1[C@H]2CCO[C@H]2[C@@H]1NC(=O)c1ccc(Cn2cnnn2)cc1. The summed E-state index contributed by atoms with van der Waals surface area (Å²) in [5.74, 6) is 0.271. The molecule has 1 aromatic heterocycles. The van der Waals surface area contributed by atoms with Crippen LogP contribution in [0.3, 0.4) is 0 Å². The van der Waals surface area contributed by atoms with Gasteiger partial charge in [-0.05, 0) is 34.5 Å². The van der Waals surface area contributed by atoms with Gasteiger partial charge < -0.3 is 15.8 Å². The van der Waals surface area contributed by atoms with Crippen molar-refractivity contribution in [1.82, 2.24) is 25.5 Å². The Labute approximate surface area is 133 Å². The smallest absolute Gasteiger partial charge is 0.251 e. The van der Waals surface area contributed by atoms with E-state index in [1.807, 2.05) is 12.1 Å². The molecule has 3 N–H and O–H groups in total. The third kappa shape index (κ3) is 2.60. The Bertz CT molecular complexity index is 687. The van der Waals surface area contributed by atoms with Crippen LogP contribution in [-0.2, 0) is 11.3 Å². The lowest BCUT2D eigenvalue weighted by Gasteiger charge is -2.45. The van der Waals surface area contributed by atoms with Crippen LogP contribution in [0.1, 0.15) is 22.3 Å². The molecule has 2 fully saturated rings. The molecule has 0 bridgehead atoms. The number of carbonyl (C=O) groups is 1. The number of fused-ring (bicyclic) bond motifs is 1. The number of aromatic nitrogens is 4. The lowest BCUT2D eigenvalue weighted by atomic mass is 9.72. The summed E-state index contributed by atoms with van der Waals surface area (Å²) in [5.41, 5.74) is 7.75. The summed E-state index contributed by atoms with van der Waals surface area (Å²) in [5, 5.41) is 14.0. The molecule has 2 aliphatic rings. The van der Waals surface area contributed by atoms with Crippen molar-refractivity contribution in [2.45, 2.75) is 31.2 Å². The molecule has 1 aromatic carbocycles. The number of ether oxygens (including phenoxy) is 1. The molecule has 8 nitrogen and oxygen atoms in total. The molecule has 1 saturated carbocycles. The molecule has 8 heteroatoms. The summed E-state index contributed by atoms with van der Waals surface area (Å²) in [6.07, 6.45) is 2.62. The molecule has 0 unspecified atom stereocenters. The third-order valence-electron chi connectivity index (χ3n) is 4.70. The lowest BCUT2D eigenvalue weighted by Crippen LogP contribution is -2.68. The van der Waals surface area contributed by atoms with Crippen LogP contribution in [0.2, 0.25) is 0 Å². The molecule has 1 aliphatic carbocycles. The summed E-state index contributed by atoms with van der Waals surface area (Å²) in [6.45, 7) is 1.31. The average Bonchev–Trinajstić information content (AvgIpc) is 3.22. The van der Waals surface area contributed by atoms with Gasteiger partial charge in [-0.3, -0.25) is 4.79 Å². The van der Waals surface area contributed by atoms with E-state index in [2.05, 4.69) is 20.8 Å². The van der Waals surface area contributed by atoms with Gasteiger partial charge in [0, 0.05) is 24.1 Å². The summed E-state index contributed by atoms with van der Waals surface area (Å²) in [6, 6.07) is 7.29. The second kappa shape index (κ2) is 5.71. The largest absolute Gasteiger partial charge is 0.376 e. The van der Waals surface area contributed by atoms with Crippen molar-refractivity contribution < 1.29 is 9.53 Å². The third-order valence-corrected chi connectivity index (χ3v) is 4.70. The van der Waals surface area contributed by atoms with E-state index in [1.54, 1.807) is 23.1 Å². The predicted octanol–water partition coefficient (Wildman–Crippen LogP) is -0.434. The molecule has 23 heavy (non-hydrogen) atoms. The fourth-order valence-corrected chi connectivity index (χ4v) is 3.36. The van der Waals surface area contributed by atoms with E-state index in [4.69, 9.17) is 10.5 Å². The molecular weight excluding hydrogens is 296 g/mol. The molecule has 120 valence electrons. The van der Waals surface area contributed by atoms with Gasteiger partial charge in [-0.25, -0.2) is 4.68 Å². The molecule has 1 aliphatic heterocycles. The quantitative estimate of drug-likeness (QED) is 0.792. The van der Waals surface area contributed by atoms with Crippen LogP contribution in [0.25, 0.3) is 0 Å². The number of nitrogens with two attached hydrogens (primary N) is 1. The Balaban J connectivity index is 1.39. The molecule has 2 aromatic rings. The highest BCUT2D eigenvalue weighted by molar-refractivity contribution is 5.94. The maximum absolute atomic E-state index is 12.4. The van der Waals surface area contributed by atoms with Crippen molar-refractivity contribution in [3.05, 3.63) is 41.7 Å². The molecule has 1 saturated heterocycles. The molecule has 2 heterocycles. The number of hydrogen-bond donors (Lipinski definition) is 2. The van der Waals surface area contributed by atoms with Crippen LogP contribution in [0.5, 0.6) is 0 Å². The van der Waals surface area contributed by atoms with Gasteiger partial charge in [0.1, 0.15) is 6.33 Å². The lowest BCUT2D eigenvalue weighted by molar-refractivity contribution is -0.0161. The van der Waals surface area contributed by atoms with Gasteiger partial charge in [-0.15, -0.1) is 5.10 Å². The number of benzene rings is 1. The number of nitrogens with zero attached hydrogens (tertiary/aromatic N) is 4. The molecule has 0 radical (unpaired) electrons. The minimum Gasteiger partial charge on any atom is -0.376 e. The second-order valence-corrected chi connectivity index (χ2v) is 6.07. The second-order valence-electron chi connectivity index (χ2n) is 6.07. The first-order valence-corrected chi connectivity index (χ1v) is 7.70. The number of nitrogens with one attached hydrogen (secondary N) is 1. The van der Waals surface area contributed by atoms with Crippen LogP contribution in [0.15, 0.2) is 30.6 Å². The molecule has 1 amide bonds. The Kier molecular flexibility index (Phi) is 3.55. The maximum atomic E-state index is 12.4. The van der Waals surface area contributed by atoms with E-state index in [0.29, 0.717) is 18.0 Å². The van der Waals surface area contributed by atoms with Crippen molar-refractivity contribution in [2.75, 3.05) is 6.61 Å². The van der Waals surface area contributed by atoms with Gasteiger partial charge in [0.05, 0.1) is 18.7 Å². The molecule has 0 spiro atoms. The van der Waals surface area contributed by atoms with Crippen molar-refractivity contribution in [3.8, 4) is 0 Å². The monoisotopic (exact) mass is 314 g/mol. The van der Waals surface area contributed by atoms with E-state index in [1.165, 1.54) is 0 Å². The number of rotatable bonds is 4. The topological polar surface area (TPSA) is 108 Å². The molecular formula is C15H18N6O2. The van der Waals surface area contributed by atoms with Crippen molar-refractivity contribution in [2.24, 2.45) is 11.7 Å². The number of hydrogen-bond acceptors (Lipinski definition) is 6. The van der Waals surface area contributed by atoms with Crippen LogP contribution in [-0.4, -0.2) is 50.9 Å². The Morgan fingerprint density at radius 1 is 1.39 bits per heavy atom. The first-order chi connectivity index (χ1) is 11.2. The average molecular weight is 314 g/mol. The standard InChI is InChI=1S/C15H18N6O2/c16-12-11-5-6-23-14(11)13(12)18-15(22)10-3-1-9(2-4-10)7-21-8-17-19-20-21/h1-4,8,11-14H,5-7,16H2,(H,18,22)/t11-,12+,13-,14-/m1/s1. The van der Waals surface area contributed by atoms with Crippen LogP contribution in [0, 0.1) is 5.92 Å². The van der Waals surface area contributed by atoms with Crippen molar-refractivity contribution in [1.29, 1.82) is 0 Å². The first kappa shape index (κ1) is 14.3. The van der Waals surface area contributed by atoms with Gasteiger partial charge in [-0.2, -0.15) is 0 Å². The van der Waals surface area contributed by atoms with E-state index < -0.39 is 0 Å². The highest BCUT2D eigenvalue weighted by atomic mass is 16.5. The number of carbonyl (C=O) groups excluding carboxylic acids is 1. The van der Waals surface area contributed by atoms with Gasteiger partial charge in [-0.1, -0.05) is 12.1 Å². The molecule has 4 rings (SSSR count). The Hall–Kier alpha value is -2.32. The van der Waals surface area contributed by atoms with Gasteiger partial charge in [0.2, 0.25) is 0 Å². The number of tetrazole rings is 1. The van der Waals surface area contributed by atoms with Gasteiger partial charge in [0.25, 0.3) is 5.91 Å². The van der Waals surface area contributed by atoms with E-state index >= 15 is 0 Å². The zero-order valence-corrected chi connectivity index (χ0v) is 12.5. The number of amides is 1. The van der Waals surface area contributed by atoms with E-state index in [-0.39, 0.29) is 24.1 Å². The fraction of sp³-hybridized carbons (Fsp3) is 0.467. The normalized spacial score (nSPS) is 28.9. The zero-order chi connectivity index (χ0) is 15.8. The van der Waals surface area contributed by atoms with Crippen molar-refractivity contribution in [3.63, 3.8) is 0 Å². The Morgan fingerprint density at radius 2 is 2.22 bits per heavy atom. The summed E-state index contributed by atoms with van der Waals surface area (Å²) in [4.78, 5) is 12.4. The van der Waals surface area contributed by atoms with Crippen LogP contribution >= 0.6 is 0 Å². The Morgan fingerprint density at radius 3 is 2.96 bits per heavy atom. The van der Waals surface area contributed by atoms with E-state index in [9.17, 15) is 4.79 Å². The minimum absolute atomic E-state index is 0.00876. The maximum Gasteiger partial charge on any atom is 0.251 e. The van der Waals surface area contributed by atoms with E-state index in [0.717, 1.165) is 18.6 Å². The minimum atomic E-state index is -0.117. The van der Waals surface area contributed by atoms with Gasteiger partial charge >= 0.3 is 0 Å². The first-order valence-electron chi connectivity index (χ1n) is 7.70. The summed E-state index contributed by atoms with van der Waals surface area (Å²) in [7, 11) is 0.